The Morgan fingerprint density at radius 2 is 1.78 bits per heavy atom. The van der Waals surface area contributed by atoms with Crippen LogP contribution in [0.1, 0.15) is 63.7 Å². The summed E-state index contributed by atoms with van der Waals surface area (Å²) in [5.41, 5.74) is 0.346. The van der Waals surface area contributed by atoms with Gasteiger partial charge in [-0.2, -0.15) is 0 Å². The van der Waals surface area contributed by atoms with Crippen LogP contribution >= 0.6 is 0 Å². The molecule has 0 unspecified atom stereocenters. The summed E-state index contributed by atoms with van der Waals surface area (Å²) in [5, 5.41) is 1.88. The molecule has 49 heavy (non-hydrogen) atoms. The quantitative estimate of drug-likeness (QED) is 0.348. The number of hydrogen-bond acceptors (Lipinski definition) is 11. The number of piperidine rings is 1. The Hall–Kier alpha value is -2.95. The standard InChI is InChI=1S/C34H50FN7O6S/c1-24(2)41(25(3)4)33(43)29-17-26(35)5-8-30(29)48-31-18-36-23-37-32(31)39-21-34(22-39)9-11-38(12-10-34)19-28-7-6-27(20-47-28)42(49(44)45)40-13-15-46-16-14-40/h5,8,17-18,23-25,27-28,49H,6-7,9-16,19-22H2,1-4H3/t27-,28+/m1/s1. The minimum atomic E-state index is -2.73. The van der Waals surface area contributed by atoms with E-state index in [2.05, 4.69) is 19.8 Å². The number of rotatable bonds is 11. The third-order valence-electron chi connectivity index (χ3n) is 10.2. The van der Waals surface area contributed by atoms with Gasteiger partial charge in [0.05, 0.1) is 43.7 Å². The Labute approximate surface area is 290 Å². The smallest absolute Gasteiger partial charge is 0.258 e. The molecular formula is C34H50FN7O6S. The first-order valence-corrected chi connectivity index (χ1v) is 18.6. The number of ether oxygens (including phenoxy) is 3. The number of aromatic nitrogens is 2. The number of halogens is 1. The van der Waals surface area contributed by atoms with Gasteiger partial charge >= 0.3 is 0 Å². The van der Waals surface area contributed by atoms with Gasteiger partial charge in [0.25, 0.3) is 5.91 Å². The average Bonchev–Trinajstić information content (AvgIpc) is 3.06. The van der Waals surface area contributed by atoms with Gasteiger partial charge in [0.15, 0.2) is 11.6 Å². The lowest BCUT2D eigenvalue weighted by Gasteiger charge is -2.54. The van der Waals surface area contributed by atoms with Crippen molar-refractivity contribution in [2.75, 3.05) is 70.5 Å². The fourth-order valence-electron chi connectivity index (χ4n) is 7.77. The first-order chi connectivity index (χ1) is 23.5. The summed E-state index contributed by atoms with van der Waals surface area (Å²) in [5.74, 6) is 0.559. The van der Waals surface area contributed by atoms with Gasteiger partial charge in [-0.25, -0.2) is 27.8 Å². The molecule has 0 radical (unpaired) electrons. The van der Waals surface area contributed by atoms with Crippen LogP contribution < -0.4 is 9.64 Å². The molecule has 6 rings (SSSR count). The molecule has 2 aromatic rings. The summed E-state index contributed by atoms with van der Waals surface area (Å²) >= 11 is 0. The van der Waals surface area contributed by atoms with E-state index in [-0.39, 0.29) is 46.9 Å². The maximum atomic E-state index is 14.4. The van der Waals surface area contributed by atoms with Crippen molar-refractivity contribution in [3.05, 3.63) is 42.1 Å². The summed E-state index contributed by atoms with van der Waals surface area (Å²) in [6, 6.07) is 3.72. The summed E-state index contributed by atoms with van der Waals surface area (Å²) in [6.07, 6.45) is 6.90. The van der Waals surface area contributed by atoms with Gasteiger partial charge in [0.2, 0.25) is 10.9 Å². The van der Waals surface area contributed by atoms with Crippen LogP contribution in [-0.4, -0.2) is 133 Å². The highest BCUT2D eigenvalue weighted by Crippen LogP contribution is 2.45. The maximum Gasteiger partial charge on any atom is 0.258 e. The molecule has 0 bridgehead atoms. The molecule has 1 spiro atoms. The molecule has 4 saturated heterocycles. The molecule has 1 aromatic carbocycles. The van der Waals surface area contributed by atoms with Gasteiger partial charge in [-0.15, -0.1) is 4.41 Å². The summed E-state index contributed by atoms with van der Waals surface area (Å²) in [7, 11) is -2.73. The lowest BCUT2D eigenvalue weighted by Crippen LogP contribution is -2.61. The van der Waals surface area contributed by atoms with Gasteiger partial charge in [0, 0.05) is 50.2 Å². The van der Waals surface area contributed by atoms with Crippen molar-refractivity contribution >= 4 is 22.6 Å². The summed E-state index contributed by atoms with van der Waals surface area (Å²) in [4.78, 5) is 28.7. The molecule has 13 nitrogen and oxygen atoms in total. The zero-order valence-corrected chi connectivity index (χ0v) is 29.9. The molecule has 15 heteroatoms. The predicted octanol–water partition coefficient (Wildman–Crippen LogP) is 3.19. The largest absolute Gasteiger partial charge is 0.451 e. The molecule has 5 heterocycles. The lowest BCUT2D eigenvalue weighted by molar-refractivity contribution is -0.104. The number of carbonyl (C=O) groups is 1. The number of benzene rings is 1. The van der Waals surface area contributed by atoms with Crippen LogP contribution in [0.5, 0.6) is 11.5 Å². The van der Waals surface area contributed by atoms with Crippen molar-refractivity contribution in [2.24, 2.45) is 5.41 Å². The molecule has 4 aliphatic heterocycles. The number of amides is 1. The van der Waals surface area contributed by atoms with Crippen molar-refractivity contribution in [1.82, 2.24) is 29.2 Å². The zero-order valence-electron chi connectivity index (χ0n) is 29.0. The van der Waals surface area contributed by atoms with Crippen LogP contribution in [0.15, 0.2) is 30.7 Å². The van der Waals surface area contributed by atoms with E-state index in [0.29, 0.717) is 44.5 Å². The van der Waals surface area contributed by atoms with E-state index in [1.54, 1.807) is 11.1 Å². The fourth-order valence-corrected chi connectivity index (χ4v) is 8.61. The van der Waals surface area contributed by atoms with Crippen LogP contribution in [0, 0.1) is 11.2 Å². The topological polar surface area (TPSA) is 121 Å². The fraction of sp³-hybridized carbons (Fsp3) is 0.676. The zero-order chi connectivity index (χ0) is 34.7. The van der Waals surface area contributed by atoms with Crippen molar-refractivity contribution in [3.8, 4) is 11.5 Å². The number of hydrazine groups is 1. The second-order valence-corrected chi connectivity index (χ2v) is 15.2. The van der Waals surface area contributed by atoms with E-state index in [4.69, 9.17) is 14.2 Å². The second kappa shape index (κ2) is 15.5. The van der Waals surface area contributed by atoms with E-state index in [1.807, 2.05) is 32.7 Å². The number of anilines is 1. The predicted molar refractivity (Wildman–Crippen MR) is 183 cm³/mol. The lowest BCUT2D eigenvalue weighted by atomic mass is 9.72. The van der Waals surface area contributed by atoms with Crippen molar-refractivity contribution < 1.29 is 31.8 Å². The highest BCUT2D eigenvalue weighted by molar-refractivity contribution is 7.69. The highest BCUT2D eigenvalue weighted by Gasteiger charge is 2.46. The molecule has 2 atom stereocenters. The van der Waals surface area contributed by atoms with E-state index in [1.165, 1.54) is 28.9 Å². The van der Waals surface area contributed by atoms with Crippen LogP contribution in [0.2, 0.25) is 0 Å². The van der Waals surface area contributed by atoms with Gasteiger partial charge in [-0.1, -0.05) is 0 Å². The Morgan fingerprint density at radius 1 is 1.06 bits per heavy atom. The number of nitrogens with zero attached hydrogens (tertiary/aromatic N) is 7. The first-order valence-electron chi connectivity index (χ1n) is 17.5. The number of thiol groups is 1. The first kappa shape index (κ1) is 35.9. The van der Waals surface area contributed by atoms with E-state index >= 15 is 0 Å². The molecule has 1 aromatic heterocycles. The van der Waals surface area contributed by atoms with Crippen molar-refractivity contribution in [1.29, 1.82) is 0 Å². The Balaban J connectivity index is 1.02. The third kappa shape index (κ3) is 8.18. The molecular weight excluding hydrogens is 653 g/mol. The van der Waals surface area contributed by atoms with Crippen LogP contribution in [0.25, 0.3) is 0 Å². The normalized spacial score (nSPS) is 23.4. The summed E-state index contributed by atoms with van der Waals surface area (Å²) in [6.45, 7) is 14.8. The number of likely N-dealkylation sites (tertiary alicyclic amines) is 1. The Kier molecular flexibility index (Phi) is 11.4. The number of carbonyl (C=O) groups excluding carboxylic acids is 1. The number of morpholine rings is 1. The SMILES string of the molecule is CC(C)N(C(=O)c1cc(F)ccc1Oc1cncnc1N1CC2(CCN(C[C@@H]3CC[C@@H](N(N4CCOCC4)[SH](=O)=O)CO3)CC2)C1)C(C)C. The van der Waals surface area contributed by atoms with Crippen LogP contribution in [0.4, 0.5) is 10.2 Å². The molecule has 0 aliphatic carbocycles. The molecule has 4 aliphatic rings. The molecule has 1 amide bonds. The van der Waals surface area contributed by atoms with Crippen LogP contribution in [0.3, 0.4) is 0 Å². The molecule has 0 N–H and O–H groups in total. The summed E-state index contributed by atoms with van der Waals surface area (Å²) < 4.78 is 58.0. The van der Waals surface area contributed by atoms with Gasteiger partial charge in [-0.3, -0.25) is 4.79 Å². The number of hydrogen-bond donors (Lipinski definition) is 1. The molecule has 270 valence electrons. The Bertz CT molecular complexity index is 1500. The van der Waals surface area contributed by atoms with Gasteiger partial charge in [0.1, 0.15) is 17.9 Å². The van der Waals surface area contributed by atoms with Crippen molar-refractivity contribution in [3.63, 3.8) is 0 Å². The monoisotopic (exact) mass is 703 g/mol. The Morgan fingerprint density at radius 3 is 2.41 bits per heavy atom. The van der Waals surface area contributed by atoms with E-state index in [0.717, 1.165) is 58.4 Å². The van der Waals surface area contributed by atoms with Gasteiger partial charge < -0.3 is 28.9 Å². The molecule has 4 fully saturated rings. The van der Waals surface area contributed by atoms with Gasteiger partial charge in [-0.05, 0) is 84.7 Å². The van der Waals surface area contributed by atoms with Crippen LogP contribution in [-0.2, 0) is 20.4 Å². The second-order valence-electron chi connectivity index (χ2n) is 14.3. The van der Waals surface area contributed by atoms with E-state index < -0.39 is 16.7 Å². The third-order valence-corrected chi connectivity index (χ3v) is 11.2. The molecule has 0 saturated carbocycles. The highest BCUT2D eigenvalue weighted by atomic mass is 32.2. The minimum absolute atomic E-state index is 0.0694. The average molecular weight is 704 g/mol. The minimum Gasteiger partial charge on any atom is -0.451 e. The van der Waals surface area contributed by atoms with Crippen molar-refractivity contribution in [2.45, 2.75) is 77.6 Å². The van der Waals surface area contributed by atoms with E-state index in [9.17, 15) is 17.6 Å². The maximum absolute atomic E-state index is 14.4.